The number of rotatable bonds is 25. The lowest BCUT2D eigenvalue weighted by molar-refractivity contribution is -0.139. The first-order chi connectivity index (χ1) is 35.4. The Morgan fingerprint density at radius 3 is 1.18 bits per heavy atom. The molecule has 0 saturated heterocycles. The number of esters is 4. The summed E-state index contributed by atoms with van der Waals surface area (Å²) in [5.41, 5.74) is 29.2. The number of unbranched alkanes of at least 4 members (excludes halogenated alkanes) is 9. The van der Waals surface area contributed by atoms with Crippen molar-refractivity contribution in [2.45, 2.75) is 174 Å². The molecule has 0 unspecified atom stereocenters. The van der Waals surface area contributed by atoms with Gasteiger partial charge >= 0.3 is 23.9 Å². The van der Waals surface area contributed by atoms with Crippen molar-refractivity contribution in [2.75, 3.05) is 22.9 Å². The van der Waals surface area contributed by atoms with Crippen molar-refractivity contribution in [1.82, 2.24) is 0 Å². The number of carbonyl (C=O) groups excluding carboxylic acids is 4. The molecule has 0 atom stereocenters. The quantitative estimate of drug-likeness (QED) is 0.0161. The number of hydrogen-bond donors (Lipinski definition) is 4. The highest BCUT2D eigenvalue weighted by molar-refractivity contribution is 5.91. The third-order valence-electron chi connectivity index (χ3n) is 14.0. The number of hydrogen-bond acceptors (Lipinski definition) is 12. The number of anilines is 4. The minimum Gasteiger partial charge on any atom is -0.459 e. The Labute approximate surface area is 434 Å². The molecule has 2 aliphatic rings. The molecule has 4 aromatic rings. The van der Waals surface area contributed by atoms with E-state index in [9.17, 15) is 19.2 Å². The maximum Gasteiger partial charge on any atom is 0.338 e. The Hall–Kier alpha value is -6.56. The highest BCUT2D eigenvalue weighted by Gasteiger charge is 2.25. The van der Waals surface area contributed by atoms with Crippen LogP contribution in [0.3, 0.4) is 0 Å². The fraction of sp³-hybridized carbons (Fsp3) is 0.475. The molecule has 0 radical (unpaired) electrons. The fourth-order valence-corrected chi connectivity index (χ4v) is 9.44. The van der Waals surface area contributed by atoms with Crippen molar-refractivity contribution >= 4 is 58.8 Å². The van der Waals surface area contributed by atoms with Gasteiger partial charge in [0.1, 0.15) is 25.4 Å². The molecule has 2 saturated carbocycles. The summed E-state index contributed by atoms with van der Waals surface area (Å²) in [6.07, 6.45) is 31.7. The highest BCUT2D eigenvalue weighted by atomic mass is 16.6. The fourth-order valence-electron chi connectivity index (χ4n) is 9.44. The second-order valence-corrected chi connectivity index (χ2v) is 19.9. The van der Waals surface area contributed by atoms with E-state index in [1.54, 1.807) is 97.1 Å². The number of ether oxygens (including phenoxy) is 4. The smallest absolute Gasteiger partial charge is 0.338 e. The summed E-state index contributed by atoms with van der Waals surface area (Å²) in [6, 6.07) is 24.2. The summed E-state index contributed by atoms with van der Waals surface area (Å²) in [5.74, 6) is 0.0356. The first kappa shape index (κ1) is 57.3. The van der Waals surface area contributed by atoms with Crippen LogP contribution in [0.5, 0.6) is 0 Å². The summed E-state index contributed by atoms with van der Waals surface area (Å²) in [7, 11) is 0. The van der Waals surface area contributed by atoms with E-state index in [1.807, 2.05) is 0 Å². The number of nitrogen functional groups attached to an aromatic ring is 4. The highest BCUT2D eigenvalue weighted by Crippen LogP contribution is 2.32. The van der Waals surface area contributed by atoms with Gasteiger partial charge in [0.25, 0.3) is 0 Å². The van der Waals surface area contributed by atoms with Crippen molar-refractivity contribution in [3.63, 3.8) is 0 Å². The SMILES string of the molecule is CCCCCCCC1CCC(OC(=O)c2ccc(/C=C/C(=O)OCc3ccc(N)cc3N)cc2)CC1.CCCCCCCCC1CCC(OC(=O)c2ccc(/C=C/C(=O)OCc3ccc(N)cc3N)cc2)CC1. The van der Waals surface area contributed by atoms with Gasteiger partial charge in [0.2, 0.25) is 0 Å². The van der Waals surface area contributed by atoms with Crippen LogP contribution in [0.25, 0.3) is 12.2 Å². The summed E-state index contributed by atoms with van der Waals surface area (Å²) in [4.78, 5) is 49.3. The van der Waals surface area contributed by atoms with Gasteiger partial charge in [-0.15, -0.1) is 0 Å². The van der Waals surface area contributed by atoms with E-state index in [0.29, 0.717) is 45.0 Å². The summed E-state index contributed by atoms with van der Waals surface area (Å²) >= 11 is 0. The van der Waals surface area contributed by atoms with Gasteiger partial charge in [-0.25, -0.2) is 19.2 Å². The van der Waals surface area contributed by atoms with Gasteiger partial charge in [0.05, 0.1) is 11.1 Å². The van der Waals surface area contributed by atoms with E-state index in [2.05, 4.69) is 13.8 Å². The maximum atomic E-state index is 12.6. The minimum atomic E-state index is -0.480. The summed E-state index contributed by atoms with van der Waals surface area (Å²) < 4.78 is 22.0. The number of benzene rings is 4. The Bertz CT molecular complexity index is 2360. The van der Waals surface area contributed by atoms with Crippen molar-refractivity contribution in [3.05, 3.63) is 130 Å². The molecule has 73 heavy (non-hydrogen) atoms. The van der Waals surface area contributed by atoms with Gasteiger partial charge in [-0.2, -0.15) is 0 Å². The molecule has 0 amide bonds. The monoisotopic (exact) mass is 999 g/mol. The maximum absolute atomic E-state index is 12.6. The molecule has 12 heteroatoms. The van der Waals surface area contributed by atoms with Crippen LogP contribution in [0.1, 0.15) is 192 Å². The van der Waals surface area contributed by atoms with Gasteiger partial charge in [-0.05, 0) is 135 Å². The summed E-state index contributed by atoms with van der Waals surface area (Å²) in [6.45, 7) is 4.64. The number of carbonyl (C=O) groups is 4. The van der Waals surface area contributed by atoms with Gasteiger partial charge in [-0.3, -0.25) is 0 Å². The lowest BCUT2D eigenvalue weighted by Crippen LogP contribution is -2.24. The molecular weight excluding hydrogens is 917 g/mol. The zero-order chi connectivity index (χ0) is 52.2. The lowest BCUT2D eigenvalue weighted by Gasteiger charge is -2.28. The average molecular weight is 999 g/mol. The number of nitrogens with two attached hydrogens (primary N) is 4. The van der Waals surface area contributed by atoms with Crippen molar-refractivity contribution in [3.8, 4) is 0 Å². The average Bonchev–Trinajstić information content (AvgIpc) is 3.39. The van der Waals surface area contributed by atoms with Crippen LogP contribution >= 0.6 is 0 Å². The Morgan fingerprint density at radius 1 is 0.466 bits per heavy atom. The van der Waals surface area contributed by atoms with E-state index >= 15 is 0 Å². The standard InChI is InChI=1S/C31H42N2O4.C30H40N2O4/c1-2-3-4-5-6-7-8-23-11-18-28(19-12-23)37-31(35)25-14-9-24(10-15-25)13-20-30(34)36-22-26-16-17-27(32)21-29(26)33;1-2-3-4-5-6-7-22-10-17-27(18-11-22)36-30(34)24-13-8-23(9-14-24)12-19-29(33)35-21-25-15-16-26(31)20-28(25)32/h9-10,13-17,20-21,23,28H,2-8,11-12,18-19,22,32-33H2,1H3;8-9,12-16,19-20,22,27H,2-7,10-11,17-18,21,31-32H2,1H3/b20-13+;19-12+. The van der Waals surface area contributed by atoms with E-state index in [0.717, 1.165) is 74.3 Å². The van der Waals surface area contributed by atoms with E-state index < -0.39 is 11.9 Å². The van der Waals surface area contributed by atoms with Crippen molar-refractivity contribution < 1.29 is 38.1 Å². The third-order valence-corrected chi connectivity index (χ3v) is 14.0. The molecule has 2 fully saturated rings. The molecule has 394 valence electrons. The van der Waals surface area contributed by atoms with Crippen LogP contribution in [0.4, 0.5) is 22.7 Å². The molecule has 0 spiro atoms. The molecule has 6 rings (SSSR count). The normalized spacial score (nSPS) is 17.6. The zero-order valence-corrected chi connectivity index (χ0v) is 43.5. The Morgan fingerprint density at radius 2 is 0.822 bits per heavy atom. The first-order valence-electron chi connectivity index (χ1n) is 27.0. The lowest BCUT2D eigenvalue weighted by atomic mass is 9.84. The molecule has 8 N–H and O–H groups in total. The second-order valence-electron chi connectivity index (χ2n) is 19.9. The van der Waals surface area contributed by atoms with E-state index in [1.165, 1.54) is 95.6 Å². The molecular formula is C61H82N4O8. The molecule has 0 heterocycles. The summed E-state index contributed by atoms with van der Waals surface area (Å²) in [5, 5.41) is 0. The van der Waals surface area contributed by atoms with Crippen molar-refractivity contribution in [1.29, 1.82) is 0 Å². The van der Waals surface area contributed by atoms with Crippen LogP contribution in [0.15, 0.2) is 97.1 Å². The van der Waals surface area contributed by atoms with Crippen LogP contribution < -0.4 is 22.9 Å². The van der Waals surface area contributed by atoms with Crippen LogP contribution in [-0.4, -0.2) is 36.1 Å². The first-order valence-corrected chi connectivity index (χ1v) is 27.0. The molecule has 0 bridgehead atoms. The van der Waals surface area contributed by atoms with E-state index in [4.69, 9.17) is 41.9 Å². The largest absolute Gasteiger partial charge is 0.459 e. The van der Waals surface area contributed by atoms with Gasteiger partial charge in [-0.1, -0.05) is 134 Å². The third kappa shape index (κ3) is 21.6. The molecule has 4 aromatic carbocycles. The van der Waals surface area contributed by atoms with Gasteiger partial charge < -0.3 is 41.9 Å². The zero-order valence-electron chi connectivity index (χ0n) is 43.5. The van der Waals surface area contributed by atoms with Gasteiger partial charge in [0, 0.05) is 46.0 Å². The molecule has 0 aliphatic heterocycles. The minimum absolute atomic E-state index is 0.0118. The Balaban J connectivity index is 0.000000271. The van der Waals surface area contributed by atoms with Crippen LogP contribution in [0.2, 0.25) is 0 Å². The predicted octanol–water partition coefficient (Wildman–Crippen LogP) is 13.8. The van der Waals surface area contributed by atoms with Crippen molar-refractivity contribution in [2.24, 2.45) is 11.8 Å². The molecule has 0 aromatic heterocycles. The topological polar surface area (TPSA) is 209 Å². The van der Waals surface area contributed by atoms with Crippen LogP contribution in [-0.2, 0) is 41.8 Å². The Kier molecular flexibility index (Phi) is 25.0. The van der Waals surface area contributed by atoms with E-state index in [-0.39, 0.29) is 37.4 Å². The molecule has 12 nitrogen and oxygen atoms in total. The predicted molar refractivity (Wildman–Crippen MR) is 295 cm³/mol. The van der Waals surface area contributed by atoms with Gasteiger partial charge in [0.15, 0.2) is 0 Å². The molecule has 2 aliphatic carbocycles. The van der Waals surface area contributed by atoms with Crippen LogP contribution in [0, 0.1) is 11.8 Å². The second kappa shape index (κ2) is 31.8.